The van der Waals surface area contributed by atoms with Crippen molar-refractivity contribution in [2.45, 2.75) is 31.6 Å². The van der Waals surface area contributed by atoms with Crippen LogP contribution < -0.4 is 5.73 Å². The highest BCUT2D eigenvalue weighted by molar-refractivity contribution is 7.90. The van der Waals surface area contributed by atoms with Gasteiger partial charge in [0, 0.05) is 6.42 Å². The summed E-state index contributed by atoms with van der Waals surface area (Å²) in [7, 11) is -3.64. The average Bonchev–Trinajstić information content (AvgIpc) is 2.17. The second-order valence-corrected chi connectivity index (χ2v) is 5.22. The van der Waals surface area contributed by atoms with Gasteiger partial charge in [0.05, 0.1) is 4.90 Å². The van der Waals surface area contributed by atoms with Crippen molar-refractivity contribution in [2.24, 2.45) is 10.1 Å². The third-order valence-corrected chi connectivity index (χ3v) is 3.41. The molecule has 2 N–H and O–H groups in total. The zero-order valence-electron chi connectivity index (χ0n) is 9.47. The molecule has 0 fully saturated rings. The fraction of sp³-hybridized carbons (Fsp3) is 0.364. The van der Waals surface area contributed by atoms with Crippen LogP contribution in [0.3, 0.4) is 0 Å². The minimum Gasteiger partial charge on any atom is -0.386 e. The highest BCUT2D eigenvalue weighted by atomic mass is 32.2. The number of hydrogen-bond acceptors (Lipinski definition) is 2. The maximum Gasteiger partial charge on any atom is 0.283 e. The van der Waals surface area contributed by atoms with Crippen molar-refractivity contribution in [1.29, 1.82) is 0 Å². The molecule has 0 aliphatic carbocycles. The summed E-state index contributed by atoms with van der Waals surface area (Å²) in [6.45, 7) is 3.81. The van der Waals surface area contributed by atoms with E-state index in [1.54, 1.807) is 12.1 Å². The largest absolute Gasteiger partial charge is 0.386 e. The Balaban J connectivity index is 3.03. The summed E-state index contributed by atoms with van der Waals surface area (Å²) in [6, 6.07) is 6.54. The van der Waals surface area contributed by atoms with Gasteiger partial charge in [0.2, 0.25) is 0 Å². The molecule has 1 rings (SSSR count). The predicted molar refractivity (Wildman–Crippen MR) is 64.9 cm³/mol. The van der Waals surface area contributed by atoms with Gasteiger partial charge in [-0.25, -0.2) is 0 Å². The number of amidine groups is 1. The van der Waals surface area contributed by atoms with E-state index in [9.17, 15) is 8.42 Å². The molecule has 1 aromatic rings. The van der Waals surface area contributed by atoms with Crippen LogP contribution in [0.1, 0.15) is 25.3 Å². The molecule has 0 saturated heterocycles. The maximum absolute atomic E-state index is 11.8. The Kier molecular flexibility index (Phi) is 4.06. The summed E-state index contributed by atoms with van der Waals surface area (Å²) in [4.78, 5) is 0.178. The third kappa shape index (κ3) is 3.34. The number of rotatable bonds is 4. The van der Waals surface area contributed by atoms with Crippen LogP contribution in [-0.2, 0) is 10.0 Å². The second kappa shape index (κ2) is 5.12. The van der Waals surface area contributed by atoms with Gasteiger partial charge in [-0.05, 0) is 25.5 Å². The number of benzene rings is 1. The van der Waals surface area contributed by atoms with Crippen molar-refractivity contribution in [3.8, 4) is 0 Å². The Labute approximate surface area is 96.3 Å². The van der Waals surface area contributed by atoms with Gasteiger partial charge in [0.1, 0.15) is 5.84 Å². The lowest BCUT2D eigenvalue weighted by Crippen LogP contribution is -2.14. The monoisotopic (exact) mass is 240 g/mol. The lowest BCUT2D eigenvalue weighted by atomic mass is 10.2. The molecular formula is C11H16N2O2S. The number of aryl methyl sites for hydroxylation is 1. The van der Waals surface area contributed by atoms with Gasteiger partial charge < -0.3 is 5.73 Å². The molecule has 0 aliphatic rings. The van der Waals surface area contributed by atoms with Crippen LogP contribution >= 0.6 is 0 Å². The summed E-state index contributed by atoms with van der Waals surface area (Å²) in [5, 5.41) is 0. The van der Waals surface area contributed by atoms with Crippen molar-refractivity contribution < 1.29 is 8.42 Å². The number of nitrogens with two attached hydrogens (primary N) is 1. The first-order chi connectivity index (χ1) is 7.45. The molecule has 0 radical (unpaired) electrons. The number of hydrogen-bond donors (Lipinski definition) is 1. The van der Waals surface area contributed by atoms with E-state index in [0.717, 1.165) is 12.0 Å². The Morgan fingerprint density at radius 3 is 2.38 bits per heavy atom. The molecular weight excluding hydrogens is 224 g/mol. The molecule has 0 saturated carbocycles. The zero-order valence-corrected chi connectivity index (χ0v) is 10.3. The summed E-state index contributed by atoms with van der Waals surface area (Å²) in [6.07, 6.45) is 1.27. The quantitative estimate of drug-likeness (QED) is 0.644. The van der Waals surface area contributed by atoms with Gasteiger partial charge in [-0.2, -0.15) is 8.42 Å². The van der Waals surface area contributed by atoms with E-state index in [1.165, 1.54) is 12.1 Å². The standard InChI is InChI=1S/C11H16N2O2S/c1-3-4-11(12)13-16(14,15)10-7-5-9(2)6-8-10/h5-8H,3-4H2,1-2H3,(H2,12,13). The van der Waals surface area contributed by atoms with Crippen molar-refractivity contribution >= 4 is 15.9 Å². The summed E-state index contributed by atoms with van der Waals surface area (Å²) in [5.74, 6) is 0.156. The smallest absolute Gasteiger partial charge is 0.283 e. The van der Waals surface area contributed by atoms with E-state index in [2.05, 4.69) is 4.40 Å². The lowest BCUT2D eigenvalue weighted by Gasteiger charge is -2.01. The van der Waals surface area contributed by atoms with Crippen LogP contribution in [-0.4, -0.2) is 14.3 Å². The first-order valence-electron chi connectivity index (χ1n) is 5.11. The summed E-state index contributed by atoms with van der Waals surface area (Å²) < 4.78 is 27.1. The Hall–Kier alpha value is -1.36. The molecule has 0 aromatic heterocycles. The molecule has 0 unspecified atom stereocenters. The Morgan fingerprint density at radius 2 is 1.88 bits per heavy atom. The summed E-state index contributed by atoms with van der Waals surface area (Å²) >= 11 is 0. The van der Waals surface area contributed by atoms with E-state index in [1.807, 2.05) is 13.8 Å². The van der Waals surface area contributed by atoms with Crippen LogP contribution in [0, 0.1) is 6.92 Å². The van der Waals surface area contributed by atoms with Gasteiger partial charge in [-0.1, -0.05) is 24.6 Å². The lowest BCUT2D eigenvalue weighted by molar-refractivity contribution is 0.598. The highest BCUT2D eigenvalue weighted by Crippen LogP contribution is 2.13. The molecule has 0 heterocycles. The molecule has 0 amide bonds. The fourth-order valence-corrected chi connectivity index (χ4v) is 2.20. The molecule has 0 atom stereocenters. The van der Waals surface area contributed by atoms with Crippen LogP contribution in [0.2, 0.25) is 0 Å². The van der Waals surface area contributed by atoms with Crippen molar-refractivity contribution in [1.82, 2.24) is 0 Å². The van der Waals surface area contributed by atoms with E-state index in [4.69, 9.17) is 5.73 Å². The molecule has 0 bridgehead atoms. The highest BCUT2D eigenvalue weighted by Gasteiger charge is 2.12. The van der Waals surface area contributed by atoms with Crippen molar-refractivity contribution in [3.05, 3.63) is 29.8 Å². The molecule has 16 heavy (non-hydrogen) atoms. The number of nitrogens with zero attached hydrogens (tertiary/aromatic N) is 1. The van der Waals surface area contributed by atoms with E-state index < -0.39 is 10.0 Å². The van der Waals surface area contributed by atoms with Crippen LogP contribution in [0.15, 0.2) is 33.6 Å². The van der Waals surface area contributed by atoms with Gasteiger partial charge in [0.15, 0.2) is 0 Å². The maximum atomic E-state index is 11.8. The van der Waals surface area contributed by atoms with Gasteiger partial charge in [0.25, 0.3) is 10.0 Å². The topological polar surface area (TPSA) is 72.5 Å². The van der Waals surface area contributed by atoms with Gasteiger partial charge in [-0.3, -0.25) is 0 Å². The van der Waals surface area contributed by atoms with Crippen molar-refractivity contribution in [2.75, 3.05) is 0 Å². The van der Waals surface area contributed by atoms with Crippen LogP contribution in [0.25, 0.3) is 0 Å². The third-order valence-electron chi connectivity index (χ3n) is 2.06. The minimum atomic E-state index is -3.64. The Bertz CT molecular complexity index is 475. The van der Waals surface area contributed by atoms with E-state index in [-0.39, 0.29) is 10.7 Å². The first-order valence-corrected chi connectivity index (χ1v) is 6.55. The normalized spacial score (nSPS) is 12.8. The first kappa shape index (κ1) is 12.7. The SMILES string of the molecule is CCC/C(N)=N/S(=O)(=O)c1ccc(C)cc1. The average molecular weight is 240 g/mol. The number of sulfonamides is 1. The Morgan fingerprint density at radius 1 is 1.31 bits per heavy atom. The van der Waals surface area contributed by atoms with Crippen LogP contribution in [0.5, 0.6) is 0 Å². The van der Waals surface area contributed by atoms with E-state index in [0.29, 0.717) is 6.42 Å². The molecule has 5 heteroatoms. The van der Waals surface area contributed by atoms with E-state index >= 15 is 0 Å². The summed E-state index contributed by atoms with van der Waals surface area (Å²) in [5.41, 5.74) is 6.51. The molecule has 0 aliphatic heterocycles. The van der Waals surface area contributed by atoms with Gasteiger partial charge >= 0.3 is 0 Å². The van der Waals surface area contributed by atoms with Crippen LogP contribution in [0.4, 0.5) is 0 Å². The molecule has 1 aromatic carbocycles. The predicted octanol–water partition coefficient (Wildman–Crippen LogP) is 1.84. The fourth-order valence-electron chi connectivity index (χ4n) is 1.22. The molecule has 4 nitrogen and oxygen atoms in total. The van der Waals surface area contributed by atoms with Crippen molar-refractivity contribution in [3.63, 3.8) is 0 Å². The second-order valence-electron chi connectivity index (χ2n) is 3.62. The zero-order chi connectivity index (χ0) is 12.2. The molecule has 0 spiro atoms. The molecule has 88 valence electrons. The van der Waals surface area contributed by atoms with Gasteiger partial charge in [-0.15, -0.1) is 4.40 Å². The minimum absolute atomic E-state index is 0.156.